The lowest BCUT2D eigenvalue weighted by atomic mass is 10.0. The van der Waals surface area contributed by atoms with Crippen LogP contribution in [0, 0.1) is 5.92 Å². The number of aromatic nitrogens is 2. The predicted molar refractivity (Wildman–Crippen MR) is 57.6 cm³/mol. The van der Waals surface area contributed by atoms with Gasteiger partial charge in [-0.3, -0.25) is 0 Å². The maximum atomic E-state index is 12.3. The Hall–Kier alpha value is -1.33. The fourth-order valence-electron chi connectivity index (χ4n) is 2.03. The van der Waals surface area contributed by atoms with Gasteiger partial charge in [0.25, 0.3) is 0 Å². The SMILES string of the molecule is C[C@@H]1CCCN(c2cnc(C(F)(F)F)cn2)C1. The molecule has 0 bridgehead atoms. The van der Waals surface area contributed by atoms with Crippen molar-refractivity contribution >= 4 is 5.82 Å². The molecule has 1 aromatic heterocycles. The van der Waals surface area contributed by atoms with Crippen LogP contribution < -0.4 is 4.90 Å². The maximum absolute atomic E-state index is 12.3. The number of alkyl halides is 3. The van der Waals surface area contributed by atoms with Gasteiger partial charge in [0.05, 0.1) is 12.4 Å². The third-order valence-electron chi connectivity index (χ3n) is 2.91. The van der Waals surface area contributed by atoms with Crippen molar-refractivity contribution in [3.05, 3.63) is 18.1 Å². The molecule has 1 aromatic rings. The van der Waals surface area contributed by atoms with Crippen LogP contribution in [-0.2, 0) is 6.18 Å². The minimum atomic E-state index is -4.42. The average Bonchev–Trinajstić information content (AvgIpc) is 2.28. The van der Waals surface area contributed by atoms with Gasteiger partial charge in [0.15, 0.2) is 5.69 Å². The van der Waals surface area contributed by atoms with E-state index >= 15 is 0 Å². The molecule has 1 fully saturated rings. The number of nitrogens with zero attached hydrogens (tertiary/aromatic N) is 3. The van der Waals surface area contributed by atoms with E-state index in [-0.39, 0.29) is 0 Å². The van der Waals surface area contributed by atoms with Crippen LogP contribution in [0.25, 0.3) is 0 Å². The number of hydrogen-bond donors (Lipinski definition) is 0. The van der Waals surface area contributed by atoms with E-state index < -0.39 is 11.9 Å². The Kier molecular flexibility index (Phi) is 3.22. The summed E-state index contributed by atoms with van der Waals surface area (Å²) in [6, 6.07) is 0. The number of rotatable bonds is 1. The summed E-state index contributed by atoms with van der Waals surface area (Å²) in [7, 11) is 0. The fraction of sp³-hybridized carbons (Fsp3) is 0.636. The fourth-order valence-corrected chi connectivity index (χ4v) is 2.03. The molecule has 1 aliphatic rings. The van der Waals surface area contributed by atoms with E-state index in [0.717, 1.165) is 32.1 Å². The quantitative estimate of drug-likeness (QED) is 0.761. The van der Waals surface area contributed by atoms with Crippen molar-refractivity contribution in [1.82, 2.24) is 9.97 Å². The van der Waals surface area contributed by atoms with Crippen LogP contribution in [0.1, 0.15) is 25.5 Å². The highest BCUT2D eigenvalue weighted by Crippen LogP contribution is 2.28. The highest BCUT2D eigenvalue weighted by Gasteiger charge is 2.33. The summed E-state index contributed by atoms with van der Waals surface area (Å²) in [4.78, 5) is 9.26. The average molecular weight is 245 g/mol. The molecule has 17 heavy (non-hydrogen) atoms. The Morgan fingerprint density at radius 2 is 2.06 bits per heavy atom. The molecule has 2 heterocycles. The van der Waals surface area contributed by atoms with Gasteiger partial charge in [-0.25, -0.2) is 9.97 Å². The molecular weight excluding hydrogens is 231 g/mol. The van der Waals surface area contributed by atoms with Gasteiger partial charge in [0, 0.05) is 13.1 Å². The van der Waals surface area contributed by atoms with Crippen LogP contribution in [0.2, 0.25) is 0 Å². The highest BCUT2D eigenvalue weighted by atomic mass is 19.4. The summed E-state index contributed by atoms with van der Waals surface area (Å²) in [6.45, 7) is 3.80. The summed E-state index contributed by atoms with van der Waals surface area (Å²) < 4.78 is 36.9. The molecule has 0 spiro atoms. The minimum Gasteiger partial charge on any atom is -0.355 e. The lowest BCUT2D eigenvalue weighted by Crippen LogP contribution is -2.35. The lowest BCUT2D eigenvalue weighted by Gasteiger charge is -2.31. The molecule has 0 amide bonds. The molecule has 0 saturated carbocycles. The molecule has 0 unspecified atom stereocenters. The van der Waals surface area contributed by atoms with E-state index in [1.54, 1.807) is 0 Å². The summed E-state index contributed by atoms with van der Waals surface area (Å²) in [5.41, 5.74) is -0.939. The van der Waals surface area contributed by atoms with Gasteiger partial charge in [0.2, 0.25) is 0 Å². The normalized spacial score (nSPS) is 21.6. The van der Waals surface area contributed by atoms with Crippen molar-refractivity contribution in [3.8, 4) is 0 Å². The standard InChI is InChI=1S/C11H14F3N3/c1-8-3-2-4-17(7-8)10-6-15-9(5-16-10)11(12,13)14/h5-6,8H,2-4,7H2,1H3/t8-/m1/s1. The molecule has 1 atom stereocenters. The first-order valence-corrected chi connectivity index (χ1v) is 5.61. The second-order valence-electron chi connectivity index (χ2n) is 4.45. The van der Waals surface area contributed by atoms with Gasteiger partial charge in [-0.2, -0.15) is 13.2 Å². The van der Waals surface area contributed by atoms with Gasteiger partial charge in [0.1, 0.15) is 5.82 Å². The smallest absolute Gasteiger partial charge is 0.355 e. The van der Waals surface area contributed by atoms with E-state index in [9.17, 15) is 13.2 Å². The number of hydrogen-bond acceptors (Lipinski definition) is 3. The van der Waals surface area contributed by atoms with Crippen molar-refractivity contribution < 1.29 is 13.2 Å². The van der Waals surface area contributed by atoms with Crippen molar-refractivity contribution in [1.29, 1.82) is 0 Å². The molecule has 3 nitrogen and oxygen atoms in total. The monoisotopic (exact) mass is 245 g/mol. The van der Waals surface area contributed by atoms with E-state index in [0.29, 0.717) is 11.7 Å². The Morgan fingerprint density at radius 1 is 1.29 bits per heavy atom. The van der Waals surface area contributed by atoms with Gasteiger partial charge in [-0.15, -0.1) is 0 Å². The third kappa shape index (κ3) is 2.87. The molecule has 0 N–H and O–H groups in total. The number of halogens is 3. The van der Waals surface area contributed by atoms with Crippen LogP contribution in [-0.4, -0.2) is 23.1 Å². The van der Waals surface area contributed by atoms with Gasteiger partial charge >= 0.3 is 6.18 Å². The second-order valence-corrected chi connectivity index (χ2v) is 4.45. The zero-order chi connectivity index (χ0) is 12.5. The first-order chi connectivity index (χ1) is 7.97. The predicted octanol–water partition coefficient (Wildman–Crippen LogP) is 2.73. The summed E-state index contributed by atoms with van der Waals surface area (Å²) in [5.74, 6) is 1.08. The molecule has 1 aliphatic heterocycles. The Bertz CT molecular complexity index is 375. The van der Waals surface area contributed by atoms with Gasteiger partial charge in [-0.1, -0.05) is 6.92 Å². The minimum absolute atomic E-state index is 0.532. The summed E-state index contributed by atoms with van der Waals surface area (Å²) in [5, 5.41) is 0. The van der Waals surface area contributed by atoms with Crippen LogP contribution in [0.3, 0.4) is 0 Å². The van der Waals surface area contributed by atoms with Crippen molar-refractivity contribution in [2.24, 2.45) is 5.92 Å². The lowest BCUT2D eigenvalue weighted by molar-refractivity contribution is -0.141. The van der Waals surface area contributed by atoms with E-state index in [1.165, 1.54) is 6.20 Å². The van der Waals surface area contributed by atoms with Crippen molar-refractivity contribution in [2.75, 3.05) is 18.0 Å². The van der Waals surface area contributed by atoms with Crippen LogP contribution in [0.4, 0.5) is 19.0 Å². The van der Waals surface area contributed by atoms with Crippen LogP contribution in [0.15, 0.2) is 12.4 Å². The first-order valence-electron chi connectivity index (χ1n) is 5.61. The molecule has 2 rings (SSSR count). The second kappa shape index (κ2) is 4.50. The number of piperidine rings is 1. The maximum Gasteiger partial charge on any atom is 0.434 e. The number of anilines is 1. The van der Waals surface area contributed by atoms with Gasteiger partial charge < -0.3 is 4.90 Å². The molecule has 0 aromatic carbocycles. The zero-order valence-corrected chi connectivity index (χ0v) is 9.54. The van der Waals surface area contributed by atoms with E-state index in [1.807, 2.05) is 4.90 Å². The highest BCUT2D eigenvalue weighted by molar-refractivity contribution is 5.36. The van der Waals surface area contributed by atoms with E-state index in [4.69, 9.17) is 0 Å². The summed E-state index contributed by atoms with van der Waals surface area (Å²) in [6.07, 6.45) is -0.204. The molecular formula is C11H14F3N3. The van der Waals surface area contributed by atoms with Crippen molar-refractivity contribution in [3.63, 3.8) is 0 Å². The molecule has 0 aliphatic carbocycles. The third-order valence-corrected chi connectivity index (χ3v) is 2.91. The van der Waals surface area contributed by atoms with Crippen LogP contribution in [0.5, 0.6) is 0 Å². The van der Waals surface area contributed by atoms with Gasteiger partial charge in [-0.05, 0) is 18.8 Å². The Balaban J connectivity index is 2.12. The Morgan fingerprint density at radius 3 is 2.59 bits per heavy atom. The Labute approximate surface area is 97.7 Å². The first kappa shape index (κ1) is 12.1. The zero-order valence-electron chi connectivity index (χ0n) is 9.54. The molecule has 94 valence electrons. The molecule has 6 heteroatoms. The van der Waals surface area contributed by atoms with Crippen LogP contribution >= 0.6 is 0 Å². The molecule has 0 radical (unpaired) electrons. The topological polar surface area (TPSA) is 29.0 Å². The largest absolute Gasteiger partial charge is 0.434 e. The van der Waals surface area contributed by atoms with Crippen molar-refractivity contribution in [2.45, 2.75) is 25.9 Å². The molecule has 1 saturated heterocycles. The summed E-state index contributed by atoms with van der Waals surface area (Å²) >= 11 is 0. The van der Waals surface area contributed by atoms with E-state index in [2.05, 4.69) is 16.9 Å².